The first-order chi connectivity index (χ1) is 11.0. The number of halogens is 1. The number of Topliss-reactive ketones (excluding diaryl/α,β-unsaturated/α-hetero) is 1. The first-order valence-electron chi connectivity index (χ1n) is 6.93. The van der Waals surface area contributed by atoms with Crippen molar-refractivity contribution >= 4 is 23.3 Å². The molecule has 126 valence electrons. The number of hydrogen-bond donors (Lipinski definition) is 1. The van der Waals surface area contributed by atoms with Gasteiger partial charge in [-0.3, -0.25) is 9.59 Å². The number of aryl methyl sites for hydroxylation is 1. The van der Waals surface area contributed by atoms with Crippen molar-refractivity contribution in [2.45, 2.75) is 33.7 Å². The van der Waals surface area contributed by atoms with E-state index in [2.05, 4.69) is 14.5 Å². The van der Waals surface area contributed by atoms with Gasteiger partial charge in [-0.2, -0.15) is 0 Å². The number of rotatable bonds is 5. The highest BCUT2D eigenvalue weighted by atomic mass is 32.1. The van der Waals surface area contributed by atoms with Crippen molar-refractivity contribution in [2.24, 2.45) is 0 Å². The van der Waals surface area contributed by atoms with Gasteiger partial charge in [-0.15, -0.1) is 0 Å². The minimum Gasteiger partial charge on any atom is -0.481 e. The van der Waals surface area contributed by atoms with E-state index in [4.69, 9.17) is 5.11 Å². The summed E-state index contributed by atoms with van der Waals surface area (Å²) >= 11 is 1.28. The minimum atomic E-state index is -0.833. The number of carbonyl (C=O) groups excluding carboxylic acids is 1. The molecule has 0 bridgehead atoms. The number of alkyl halides is 1. The van der Waals surface area contributed by atoms with E-state index in [1.165, 1.54) is 24.8 Å². The average molecular weight is 343 g/mol. The van der Waals surface area contributed by atoms with Crippen molar-refractivity contribution in [1.82, 2.24) is 14.5 Å². The van der Waals surface area contributed by atoms with E-state index in [1.54, 1.807) is 23.1 Å². The molecule has 0 unspecified atom stereocenters. The van der Waals surface area contributed by atoms with Crippen LogP contribution < -0.4 is 4.68 Å². The zero-order chi connectivity index (χ0) is 17.7. The second-order valence-electron chi connectivity index (χ2n) is 3.90. The lowest BCUT2D eigenvalue weighted by molar-refractivity contribution is -0.745. The van der Waals surface area contributed by atoms with E-state index in [9.17, 15) is 14.0 Å². The Kier molecular flexibility index (Phi) is 11.1. The Bertz CT molecular complexity index is 593. The Balaban J connectivity index is 0.000000594. The molecule has 23 heavy (non-hydrogen) atoms. The zero-order valence-electron chi connectivity index (χ0n) is 13.3. The molecule has 9 heteroatoms. The summed E-state index contributed by atoms with van der Waals surface area (Å²) in [5.41, 5.74) is 0.793. The summed E-state index contributed by atoms with van der Waals surface area (Å²) in [4.78, 5) is 28.6. The Morgan fingerprint density at radius 2 is 2.04 bits per heavy atom. The summed E-state index contributed by atoms with van der Waals surface area (Å²) in [6, 6.07) is 1.79. The van der Waals surface area contributed by atoms with Gasteiger partial charge in [0.2, 0.25) is 6.20 Å². The van der Waals surface area contributed by atoms with Gasteiger partial charge in [0.15, 0.2) is 12.3 Å². The maximum atomic E-state index is 10.8. The second-order valence-corrected chi connectivity index (χ2v) is 4.69. The van der Waals surface area contributed by atoms with Gasteiger partial charge < -0.3 is 5.11 Å². The fourth-order valence-electron chi connectivity index (χ4n) is 1.14. The van der Waals surface area contributed by atoms with Crippen LogP contribution in [-0.4, -0.2) is 38.0 Å². The van der Waals surface area contributed by atoms with Gasteiger partial charge in [-0.25, -0.2) is 14.4 Å². The van der Waals surface area contributed by atoms with E-state index in [1.807, 2.05) is 13.8 Å². The summed E-state index contributed by atoms with van der Waals surface area (Å²) in [6.45, 7) is 4.75. The molecular formula is C14H20FN4O3S+. The normalized spacial score (nSPS) is 9.04. The molecule has 0 saturated carbocycles. The molecule has 0 atom stereocenters. The van der Waals surface area contributed by atoms with E-state index in [0.717, 1.165) is 10.6 Å². The third-order valence-corrected chi connectivity index (χ3v) is 2.89. The minimum absolute atomic E-state index is 0.0671. The van der Waals surface area contributed by atoms with Crippen molar-refractivity contribution in [3.8, 4) is 10.6 Å². The highest BCUT2D eigenvalue weighted by Crippen LogP contribution is 2.16. The Labute approximate surface area is 138 Å². The number of carboxylic acids is 1. The van der Waals surface area contributed by atoms with Gasteiger partial charge in [0.05, 0.1) is 10.2 Å². The number of ketones is 1. The van der Waals surface area contributed by atoms with Crippen molar-refractivity contribution in [1.29, 1.82) is 0 Å². The number of aliphatic carboxylic acids is 1. The smallest absolute Gasteiger partial charge is 0.309 e. The molecule has 2 rings (SSSR count). The van der Waals surface area contributed by atoms with E-state index in [0.29, 0.717) is 6.54 Å². The van der Waals surface area contributed by atoms with E-state index >= 15 is 0 Å². The lowest BCUT2D eigenvalue weighted by atomic mass is 10.3. The molecule has 2 heterocycles. The van der Waals surface area contributed by atoms with Gasteiger partial charge in [-0.05, 0) is 13.0 Å². The zero-order valence-corrected chi connectivity index (χ0v) is 14.1. The molecule has 1 N–H and O–H groups in total. The van der Waals surface area contributed by atoms with Gasteiger partial charge in [0.25, 0.3) is 0 Å². The molecule has 0 radical (unpaired) electrons. The number of carbonyl (C=O) groups is 2. The number of aromatic nitrogens is 4. The predicted octanol–water partition coefficient (Wildman–Crippen LogP) is 1.93. The maximum absolute atomic E-state index is 10.8. The molecule has 0 aromatic carbocycles. The summed E-state index contributed by atoms with van der Waals surface area (Å²) in [7, 11) is 0. The molecule has 0 aliphatic rings. The third-order valence-electron chi connectivity index (χ3n) is 2.09. The van der Waals surface area contributed by atoms with Crippen molar-refractivity contribution in [3.63, 3.8) is 0 Å². The number of hydrogen-bond acceptors (Lipinski definition) is 6. The van der Waals surface area contributed by atoms with Crippen molar-refractivity contribution in [3.05, 3.63) is 24.8 Å². The quantitative estimate of drug-likeness (QED) is 0.833. The van der Waals surface area contributed by atoms with Gasteiger partial charge in [0, 0.05) is 17.7 Å². The molecule has 0 saturated heterocycles. The lowest BCUT2D eigenvalue weighted by Gasteiger charge is -1.88. The summed E-state index contributed by atoms with van der Waals surface area (Å²) < 4.78 is 16.5. The van der Waals surface area contributed by atoms with Crippen molar-refractivity contribution in [2.75, 3.05) is 6.67 Å². The number of carboxylic acid groups (broad SMARTS) is 1. The SMILES string of the molecule is CC.CC(=O)CF.O=C(O)CC[n+]1cc(-c2ccncn2)sn1. The van der Waals surface area contributed by atoms with Crippen LogP contribution in [-0.2, 0) is 16.1 Å². The Hall–Kier alpha value is -2.29. The largest absolute Gasteiger partial charge is 0.481 e. The van der Waals surface area contributed by atoms with Gasteiger partial charge >= 0.3 is 5.97 Å². The summed E-state index contributed by atoms with van der Waals surface area (Å²) in [5, 5.41) is 8.54. The van der Waals surface area contributed by atoms with Crippen LogP contribution in [0.3, 0.4) is 0 Å². The highest BCUT2D eigenvalue weighted by molar-refractivity contribution is 7.09. The van der Waals surface area contributed by atoms with Crippen LogP contribution >= 0.6 is 11.5 Å². The van der Waals surface area contributed by atoms with Crippen molar-refractivity contribution < 1.29 is 23.8 Å². The fourth-order valence-corrected chi connectivity index (χ4v) is 1.85. The van der Waals surface area contributed by atoms with Crippen LogP contribution in [0.2, 0.25) is 0 Å². The molecule has 0 spiro atoms. The maximum Gasteiger partial charge on any atom is 0.309 e. The highest BCUT2D eigenvalue weighted by Gasteiger charge is 2.13. The average Bonchev–Trinajstić information content (AvgIpc) is 3.05. The first-order valence-corrected chi connectivity index (χ1v) is 7.70. The van der Waals surface area contributed by atoms with Crippen LogP contribution in [0.25, 0.3) is 10.6 Å². The molecule has 0 fully saturated rings. The van der Waals surface area contributed by atoms with Crippen LogP contribution in [0.4, 0.5) is 4.39 Å². The van der Waals surface area contributed by atoms with Crippen LogP contribution in [0.15, 0.2) is 24.8 Å². The van der Waals surface area contributed by atoms with Gasteiger partial charge in [0.1, 0.15) is 24.3 Å². The molecule has 2 aromatic rings. The topological polar surface area (TPSA) is 96.9 Å². The molecule has 0 aliphatic heterocycles. The van der Waals surface area contributed by atoms with Crippen LogP contribution in [0.1, 0.15) is 27.2 Å². The summed E-state index contributed by atoms with van der Waals surface area (Å²) in [5.74, 6) is -1.24. The molecule has 0 amide bonds. The summed E-state index contributed by atoms with van der Waals surface area (Å²) in [6.07, 6.45) is 4.98. The van der Waals surface area contributed by atoms with E-state index < -0.39 is 18.4 Å². The fraction of sp³-hybridized carbons (Fsp3) is 0.429. The second kappa shape index (κ2) is 12.3. The monoisotopic (exact) mass is 343 g/mol. The molecular weight excluding hydrogens is 323 g/mol. The molecule has 2 aromatic heterocycles. The Morgan fingerprint density at radius 3 is 2.52 bits per heavy atom. The number of nitrogens with zero attached hydrogens (tertiary/aromatic N) is 4. The van der Waals surface area contributed by atoms with Crippen LogP contribution in [0, 0.1) is 0 Å². The Morgan fingerprint density at radius 1 is 1.39 bits per heavy atom. The predicted molar refractivity (Wildman–Crippen MR) is 83.6 cm³/mol. The lowest BCUT2D eigenvalue weighted by Crippen LogP contribution is -2.35. The molecule has 7 nitrogen and oxygen atoms in total. The molecule has 0 aliphatic carbocycles. The standard InChI is InChI=1S/C9H8N4O2S.C3H5FO.C2H6/c14-9(15)2-4-13-5-8(16-12-13)7-1-3-10-6-11-7;1-3(5)2-4;1-2/h1,3,5-6H,2,4H2;2H2,1H3;1-2H3/p+1. The van der Waals surface area contributed by atoms with Crippen LogP contribution in [0.5, 0.6) is 0 Å². The van der Waals surface area contributed by atoms with E-state index in [-0.39, 0.29) is 6.42 Å². The third kappa shape index (κ3) is 9.35. The first kappa shape index (κ1) is 20.7. The van der Waals surface area contributed by atoms with Gasteiger partial charge in [-0.1, -0.05) is 18.5 Å².